The van der Waals surface area contributed by atoms with Crippen LogP contribution in [0.4, 0.5) is 0 Å². The maximum absolute atomic E-state index is 2.82. The molecule has 0 aliphatic carbocycles. The van der Waals surface area contributed by atoms with Crippen molar-refractivity contribution in [1.82, 2.24) is 4.81 Å². The molecule has 33 heavy (non-hydrogen) atoms. The van der Waals surface area contributed by atoms with Crippen LogP contribution in [0, 0.1) is 0 Å². The van der Waals surface area contributed by atoms with Gasteiger partial charge in [0.25, 0.3) is 6.85 Å². The molecule has 0 unspecified atom stereocenters. The van der Waals surface area contributed by atoms with Gasteiger partial charge in [-0.05, 0) is 31.7 Å². The first kappa shape index (κ1) is 30.4. The predicted octanol–water partition coefficient (Wildman–Crippen LogP) is 10.9. The predicted molar refractivity (Wildman–Crippen MR) is 153 cm³/mol. The molecular formula is C31H60BN. The minimum absolute atomic E-state index is 0.658. The Bertz CT molecular complexity index is 470. The van der Waals surface area contributed by atoms with Gasteiger partial charge in [0.15, 0.2) is 0 Å². The molecule has 192 valence electrons. The Labute approximate surface area is 210 Å². The van der Waals surface area contributed by atoms with E-state index in [9.17, 15) is 0 Å². The van der Waals surface area contributed by atoms with Crippen molar-refractivity contribution < 1.29 is 0 Å². The van der Waals surface area contributed by atoms with Crippen LogP contribution in [0.3, 0.4) is 0 Å². The lowest BCUT2D eigenvalue weighted by Gasteiger charge is -2.35. The first-order chi connectivity index (χ1) is 16.3. The molecule has 0 fully saturated rings. The molecule has 0 aromatic heterocycles. The number of nitrogens with zero attached hydrogens (tertiary/aromatic N) is 1. The van der Waals surface area contributed by atoms with Crippen LogP contribution >= 0.6 is 0 Å². The van der Waals surface area contributed by atoms with Gasteiger partial charge in [-0.25, -0.2) is 0 Å². The van der Waals surface area contributed by atoms with Crippen LogP contribution in [0.15, 0.2) is 23.8 Å². The van der Waals surface area contributed by atoms with Gasteiger partial charge in [0.1, 0.15) is 0 Å². The highest BCUT2D eigenvalue weighted by Crippen LogP contribution is 2.25. The first-order valence-electron chi connectivity index (χ1n) is 15.5. The van der Waals surface area contributed by atoms with Gasteiger partial charge in [0.05, 0.1) is 0 Å². The summed E-state index contributed by atoms with van der Waals surface area (Å²) in [5.74, 6) is 2.51. The monoisotopic (exact) mass is 457 g/mol. The highest BCUT2D eigenvalue weighted by atomic mass is 15.1. The summed E-state index contributed by atoms with van der Waals surface area (Å²) in [5.41, 5.74) is 1.64. The molecule has 1 aliphatic rings. The summed E-state index contributed by atoms with van der Waals surface area (Å²) in [5, 5.41) is 0. The number of hydrogen-bond acceptors (Lipinski definition) is 1. The van der Waals surface area contributed by atoms with Crippen molar-refractivity contribution in [2.24, 2.45) is 0 Å². The molecule has 1 nitrogen and oxygen atoms in total. The SMILES string of the molecule is CCCCCCCCCB1C=CC=C(CCCCCCCCC)N1CCCCCCCCC. The van der Waals surface area contributed by atoms with Crippen molar-refractivity contribution in [2.75, 3.05) is 6.54 Å². The summed E-state index contributed by atoms with van der Waals surface area (Å²) in [6.07, 6.45) is 37.2. The maximum atomic E-state index is 2.82. The molecular weight excluding hydrogens is 397 g/mol. The molecule has 0 spiro atoms. The Morgan fingerprint density at radius 1 is 0.545 bits per heavy atom. The van der Waals surface area contributed by atoms with Gasteiger partial charge in [-0.2, -0.15) is 0 Å². The number of hydrogen-bond donors (Lipinski definition) is 0. The summed E-state index contributed by atoms with van der Waals surface area (Å²) in [6, 6.07) is 0. The lowest BCUT2D eigenvalue weighted by molar-refractivity contribution is 0.455. The fraction of sp³-hybridized carbons (Fsp3) is 0.871. The number of rotatable bonds is 24. The van der Waals surface area contributed by atoms with Crippen LogP contribution in [0.1, 0.15) is 162 Å². The standard InChI is InChI=1S/C31H60BN/c1-4-7-10-13-16-19-22-26-31-27-25-29-32(28-23-20-17-14-11-8-5-2)33(31)30-24-21-18-15-12-9-6-3/h25,27,29H,4-24,26,28,30H2,1-3H3. The quantitative estimate of drug-likeness (QED) is 0.103. The fourth-order valence-corrected chi connectivity index (χ4v) is 5.31. The second-order valence-corrected chi connectivity index (χ2v) is 10.7. The summed E-state index contributed by atoms with van der Waals surface area (Å²) < 4.78 is 0. The third kappa shape index (κ3) is 16.6. The fourth-order valence-electron chi connectivity index (χ4n) is 5.31. The van der Waals surface area contributed by atoms with Crippen LogP contribution in [-0.2, 0) is 0 Å². The molecule has 0 radical (unpaired) electrons. The van der Waals surface area contributed by atoms with Gasteiger partial charge >= 0.3 is 0 Å². The third-order valence-electron chi connectivity index (χ3n) is 7.53. The molecule has 2 heteroatoms. The summed E-state index contributed by atoms with van der Waals surface area (Å²) in [7, 11) is 0. The largest absolute Gasteiger partial charge is 0.414 e. The Balaban J connectivity index is 2.40. The van der Waals surface area contributed by atoms with Crippen molar-refractivity contribution in [3.63, 3.8) is 0 Å². The van der Waals surface area contributed by atoms with Gasteiger partial charge in [-0.15, -0.1) is 0 Å². The maximum Gasteiger partial charge on any atom is 0.280 e. The second-order valence-electron chi connectivity index (χ2n) is 10.7. The highest BCUT2D eigenvalue weighted by molar-refractivity contribution is 6.62. The zero-order chi connectivity index (χ0) is 23.8. The lowest BCUT2D eigenvalue weighted by atomic mass is 9.54. The highest BCUT2D eigenvalue weighted by Gasteiger charge is 2.24. The minimum Gasteiger partial charge on any atom is -0.414 e. The van der Waals surface area contributed by atoms with Gasteiger partial charge in [-0.1, -0.05) is 155 Å². The molecule has 0 saturated carbocycles. The van der Waals surface area contributed by atoms with Crippen LogP contribution < -0.4 is 0 Å². The van der Waals surface area contributed by atoms with E-state index in [1.54, 1.807) is 5.70 Å². The van der Waals surface area contributed by atoms with E-state index in [2.05, 4.69) is 43.7 Å². The Morgan fingerprint density at radius 3 is 1.55 bits per heavy atom. The Morgan fingerprint density at radius 2 is 1.00 bits per heavy atom. The van der Waals surface area contributed by atoms with Crippen LogP contribution in [-0.4, -0.2) is 18.2 Å². The first-order valence-corrected chi connectivity index (χ1v) is 15.5. The second kappa shape index (κ2) is 23.1. The lowest BCUT2D eigenvalue weighted by Crippen LogP contribution is -2.39. The van der Waals surface area contributed by atoms with E-state index in [0.29, 0.717) is 6.85 Å². The smallest absolute Gasteiger partial charge is 0.280 e. The minimum atomic E-state index is 0.658. The molecule has 0 bridgehead atoms. The summed E-state index contributed by atoms with van der Waals surface area (Å²) in [6.45, 7) is 8.87. The molecule has 0 saturated heterocycles. The van der Waals surface area contributed by atoms with Crippen molar-refractivity contribution in [1.29, 1.82) is 0 Å². The van der Waals surface area contributed by atoms with Crippen LogP contribution in [0.25, 0.3) is 0 Å². The normalized spacial score (nSPS) is 13.7. The summed E-state index contributed by atoms with van der Waals surface area (Å²) in [4.78, 5) is 2.82. The van der Waals surface area contributed by atoms with Crippen LogP contribution in [0.2, 0.25) is 6.32 Å². The zero-order valence-corrected chi connectivity index (χ0v) is 23.2. The number of allylic oxidation sites excluding steroid dienone is 3. The molecule has 1 heterocycles. The van der Waals surface area contributed by atoms with E-state index in [1.165, 1.54) is 154 Å². The van der Waals surface area contributed by atoms with Gasteiger partial charge in [0.2, 0.25) is 0 Å². The van der Waals surface area contributed by atoms with E-state index in [1.807, 2.05) is 0 Å². The van der Waals surface area contributed by atoms with Gasteiger partial charge in [0, 0.05) is 12.2 Å². The van der Waals surface area contributed by atoms with E-state index >= 15 is 0 Å². The Hall–Kier alpha value is -0.655. The molecule has 1 aliphatic heterocycles. The average Bonchev–Trinajstić information content (AvgIpc) is 2.83. The van der Waals surface area contributed by atoms with Crippen molar-refractivity contribution in [3.8, 4) is 0 Å². The number of unbranched alkanes of at least 4 members (excludes halogenated alkanes) is 18. The Kier molecular flexibility index (Phi) is 21.3. The van der Waals surface area contributed by atoms with Crippen molar-refractivity contribution in [3.05, 3.63) is 23.8 Å². The molecule has 0 aromatic rings. The van der Waals surface area contributed by atoms with Crippen molar-refractivity contribution in [2.45, 2.75) is 168 Å². The van der Waals surface area contributed by atoms with E-state index in [-0.39, 0.29) is 0 Å². The molecule has 0 amide bonds. The molecule has 0 N–H and O–H groups in total. The molecule has 0 aromatic carbocycles. The van der Waals surface area contributed by atoms with Gasteiger partial charge in [-0.3, -0.25) is 0 Å². The van der Waals surface area contributed by atoms with Crippen LogP contribution in [0.5, 0.6) is 0 Å². The molecule has 0 atom stereocenters. The van der Waals surface area contributed by atoms with E-state index in [4.69, 9.17) is 0 Å². The average molecular weight is 458 g/mol. The van der Waals surface area contributed by atoms with E-state index < -0.39 is 0 Å². The topological polar surface area (TPSA) is 3.24 Å². The van der Waals surface area contributed by atoms with Gasteiger partial charge < -0.3 is 4.81 Å². The zero-order valence-electron chi connectivity index (χ0n) is 23.2. The molecule has 1 rings (SSSR count). The van der Waals surface area contributed by atoms with Crippen molar-refractivity contribution >= 4 is 6.85 Å². The third-order valence-corrected chi connectivity index (χ3v) is 7.53. The summed E-state index contributed by atoms with van der Waals surface area (Å²) >= 11 is 0. The van der Waals surface area contributed by atoms with E-state index in [0.717, 1.165) is 0 Å².